The van der Waals surface area contributed by atoms with Gasteiger partial charge in [-0.2, -0.15) is 13.2 Å². The molecule has 0 fully saturated rings. The lowest BCUT2D eigenvalue weighted by molar-refractivity contribution is -0.245. The molecule has 0 bridgehead atoms. The maximum absolute atomic E-state index is 15.6. The molecule has 0 radical (unpaired) electrons. The van der Waals surface area contributed by atoms with Gasteiger partial charge in [-0.1, -0.05) is 140 Å². The summed E-state index contributed by atoms with van der Waals surface area (Å²) in [5, 5.41) is -0.697. The average Bonchev–Trinajstić information content (AvgIpc) is 3.56. The fraction of sp³-hybridized carbons (Fsp3) is 0.0811. The number of nitrogens with zero attached hydrogens (tertiary/aromatic N) is 2. The molecule has 1 atom stereocenters. The fourth-order valence-electron chi connectivity index (χ4n) is 5.70. The third-order valence-electron chi connectivity index (χ3n) is 7.67. The third kappa shape index (κ3) is 5.49. The van der Waals surface area contributed by atoms with Crippen LogP contribution in [-0.2, 0) is 15.9 Å². The van der Waals surface area contributed by atoms with Gasteiger partial charge in [0.15, 0.2) is 0 Å². The quantitative estimate of drug-likeness (QED) is 0.126. The Morgan fingerprint density at radius 1 is 0.578 bits per heavy atom. The number of para-hydroxylation sites is 1. The Kier molecular flexibility index (Phi) is 8.24. The van der Waals surface area contributed by atoms with Gasteiger partial charge in [0.1, 0.15) is 17.0 Å². The molecule has 6 rings (SSSR count). The SMILES string of the molecule is FC(F)(F)C(OC(=S)Oc1ccccc1)(c1ccccc1)c1cn(C(c2ccccc2)(c2ccccc2)c2ccccc2)cn1. The number of imidazole rings is 1. The Balaban J connectivity index is 1.60. The van der Waals surface area contributed by atoms with E-state index >= 15 is 13.2 Å². The van der Waals surface area contributed by atoms with Crippen molar-refractivity contribution in [3.05, 3.63) is 192 Å². The number of halogens is 3. The van der Waals surface area contributed by atoms with E-state index in [1.165, 1.54) is 36.8 Å². The first-order chi connectivity index (χ1) is 21.9. The van der Waals surface area contributed by atoms with Gasteiger partial charge in [-0.3, -0.25) is 0 Å². The van der Waals surface area contributed by atoms with Gasteiger partial charge in [0.05, 0.1) is 6.33 Å². The highest BCUT2D eigenvalue weighted by atomic mass is 32.1. The van der Waals surface area contributed by atoms with Crippen LogP contribution >= 0.6 is 12.2 Å². The van der Waals surface area contributed by atoms with Gasteiger partial charge in [0, 0.05) is 24.0 Å². The number of benzene rings is 5. The lowest BCUT2D eigenvalue weighted by Gasteiger charge is -2.38. The summed E-state index contributed by atoms with van der Waals surface area (Å²) in [6.45, 7) is 0. The summed E-state index contributed by atoms with van der Waals surface area (Å²) < 4.78 is 59.9. The van der Waals surface area contributed by atoms with E-state index in [4.69, 9.17) is 21.7 Å². The van der Waals surface area contributed by atoms with Crippen molar-refractivity contribution in [2.24, 2.45) is 0 Å². The van der Waals surface area contributed by atoms with Crippen molar-refractivity contribution in [2.75, 3.05) is 0 Å². The Morgan fingerprint density at radius 2 is 0.978 bits per heavy atom. The van der Waals surface area contributed by atoms with Gasteiger partial charge in [0.25, 0.3) is 5.60 Å². The second-order valence-electron chi connectivity index (χ2n) is 10.3. The smallest absolute Gasteiger partial charge is 0.428 e. The molecule has 0 N–H and O–H groups in total. The van der Waals surface area contributed by atoms with E-state index in [0.717, 1.165) is 16.7 Å². The standard InChI is InChI=1S/C37H27F3N2O2S/c38-37(39,40)36(31-22-12-4-13-23-31,44-34(45)43-32-24-14-5-15-25-32)33-26-42(27-41-33)35(28-16-6-1-7-17-28,29-18-8-2-9-19-29)30-20-10-3-11-21-30/h1-27H. The zero-order chi connectivity index (χ0) is 31.3. The van der Waals surface area contributed by atoms with Gasteiger partial charge in [-0.25, -0.2) is 4.98 Å². The predicted octanol–water partition coefficient (Wildman–Crippen LogP) is 8.91. The van der Waals surface area contributed by atoms with Crippen LogP contribution in [0.25, 0.3) is 0 Å². The molecule has 1 heterocycles. The summed E-state index contributed by atoms with van der Waals surface area (Å²) in [7, 11) is 0. The Hall–Kier alpha value is -5.21. The molecule has 0 aliphatic carbocycles. The Labute approximate surface area is 264 Å². The maximum Gasteiger partial charge on any atom is 0.438 e. The molecule has 4 nitrogen and oxygen atoms in total. The first-order valence-corrected chi connectivity index (χ1v) is 14.6. The minimum atomic E-state index is -5.01. The predicted molar refractivity (Wildman–Crippen MR) is 171 cm³/mol. The molecule has 0 aliphatic rings. The third-order valence-corrected chi connectivity index (χ3v) is 7.83. The van der Waals surface area contributed by atoms with Crippen LogP contribution in [0.2, 0.25) is 0 Å². The number of thiocarbonyl (C=S) groups is 1. The summed E-state index contributed by atoms with van der Waals surface area (Å²) in [4.78, 5) is 4.44. The van der Waals surface area contributed by atoms with Crippen LogP contribution in [0.15, 0.2) is 164 Å². The molecular weight excluding hydrogens is 593 g/mol. The number of alkyl halides is 3. The largest absolute Gasteiger partial charge is 0.438 e. The Morgan fingerprint density at radius 3 is 1.40 bits per heavy atom. The second-order valence-corrected chi connectivity index (χ2v) is 10.6. The first-order valence-electron chi connectivity index (χ1n) is 14.2. The van der Waals surface area contributed by atoms with Crippen molar-refractivity contribution in [3.8, 4) is 5.75 Å². The Bertz CT molecular complexity index is 1750. The van der Waals surface area contributed by atoms with Crippen LogP contribution in [0.3, 0.4) is 0 Å². The van der Waals surface area contributed by atoms with Gasteiger partial charge in [-0.05, 0) is 28.8 Å². The number of rotatable bonds is 8. The minimum Gasteiger partial charge on any atom is -0.428 e. The number of hydrogen-bond donors (Lipinski definition) is 0. The van der Waals surface area contributed by atoms with Crippen LogP contribution in [0, 0.1) is 0 Å². The van der Waals surface area contributed by atoms with Crippen molar-refractivity contribution < 1.29 is 22.6 Å². The zero-order valence-corrected chi connectivity index (χ0v) is 24.7. The molecule has 0 amide bonds. The van der Waals surface area contributed by atoms with Crippen LogP contribution in [0.5, 0.6) is 5.75 Å². The molecule has 5 aromatic carbocycles. The van der Waals surface area contributed by atoms with Crippen LogP contribution in [-0.4, -0.2) is 21.0 Å². The molecule has 0 saturated carbocycles. The van der Waals surface area contributed by atoms with E-state index in [2.05, 4.69) is 4.98 Å². The van der Waals surface area contributed by atoms with Crippen molar-refractivity contribution in [1.29, 1.82) is 0 Å². The monoisotopic (exact) mass is 620 g/mol. The molecule has 224 valence electrons. The molecular formula is C37H27F3N2O2S. The van der Waals surface area contributed by atoms with Crippen molar-refractivity contribution >= 4 is 17.5 Å². The fourth-order valence-corrected chi connectivity index (χ4v) is 5.92. The molecule has 45 heavy (non-hydrogen) atoms. The lowest BCUT2D eigenvalue weighted by atomic mass is 9.76. The lowest BCUT2D eigenvalue weighted by Crippen LogP contribution is -2.48. The highest BCUT2D eigenvalue weighted by Gasteiger charge is 2.62. The summed E-state index contributed by atoms with van der Waals surface area (Å²) >= 11 is 5.28. The summed E-state index contributed by atoms with van der Waals surface area (Å²) in [5.41, 5.74) is -2.32. The van der Waals surface area contributed by atoms with Crippen molar-refractivity contribution in [1.82, 2.24) is 9.55 Å². The van der Waals surface area contributed by atoms with E-state index in [1.807, 2.05) is 91.0 Å². The topological polar surface area (TPSA) is 36.3 Å². The van der Waals surface area contributed by atoms with E-state index in [1.54, 1.807) is 41.0 Å². The van der Waals surface area contributed by atoms with E-state index in [-0.39, 0.29) is 11.3 Å². The van der Waals surface area contributed by atoms with Crippen LogP contribution < -0.4 is 4.74 Å². The van der Waals surface area contributed by atoms with Gasteiger partial charge >= 0.3 is 11.4 Å². The molecule has 0 aliphatic heterocycles. The van der Waals surface area contributed by atoms with E-state index in [9.17, 15) is 0 Å². The van der Waals surface area contributed by atoms with Crippen LogP contribution in [0.4, 0.5) is 13.2 Å². The van der Waals surface area contributed by atoms with Gasteiger partial charge < -0.3 is 14.0 Å². The molecule has 6 aromatic rings. The number of hydrogen-bond acceptors (Lipinski definition) is 4. The van der Waals surface area contributed by atoms with Gasteiger partial charge in [0.2, 0.25) is 0 Å². The van der Waals surface area contributed by atoms with E-state index < -0.39 is 28.2 Å². The minimum absolute atomic E-state index is 0.202. The number of ether oxygens (including phenoxy) is 2. The van der Waals surface area contributed by atoms with Crippen molar-refractivity contribution in [2.45, 2.75) is 17.3 Å². The summed E-state index contributed by atoms with van der Waals surface area (Å²) in [6, 6.07) is 44.5. The highest BCUT2D eigenvalue weighted by Crippen LogP contribution is 2.49. The highest BCUT2D eigenvalue weighted by molar-refractivity contribution is 7.79. The molecule has 8 heteroatoms. The second kappa shape index (κ2) is 12.4. The normalized spacial score (nSPS) is 13.0. The molecule has 1 aromatic heterocycles. The van der Waals surface area contributed by atoms with E-state index in [0.29, 0.717) is 0 Å². The first kappa shape index (κ1) is 29.8. The zero-order valence-electron chi connectivity index (χ0n) is 23.8. The maximum atomic E-state index is 15.6. The van der Waals surface area contributed by atoms with Crippen molar-refractivity contribution in [3.63, 3.8) is 0 Å². The number of aromatic nitrogens is 2. The summed E-state index contributed by atoms with van der Waals surface area (Å²) in [6.07, 6.45) is -2.21. The average molecular weight is 621 g/mol. The summed E-state index contributed by atoms with van der Waals surface area (Å²) in [5.74, 6) is 0.244. The molecule has 0 spiro atoms. The molecule has 0 saturated heterocycles. The molecule has 1 unspecified atom stereocenters. The van der Waals surface area contributed by atoms with Gasteiger partial charge in [-0.15, -0.1) is 0 Å². The van der Waals surface area contributed by atoms with Crippen LogP contribution in [0.1, 0.15) is 27.9 Å².